The van der Waals surface area contributed by atoms with Gasteiger partial charge >= 0.3 is 6.18 Å². The first-order valence-corrected chi connectivity index (χ1v) is 12.6. The van der Waals surface area contributed by atoms with Crippen molar-refractivity contribution < 1.29 is 43.9 Å². The average Bonchev–Trinajstić information content (AvgIpc) is 2.80. The van der Waals surface area contributed by atoms with Crippen molar-refractivity contribution in [3.8, 4) is 5.75 Å². The molecule has 0 bridgehead atoms. The lowest BCUT2D eigenvalue weighted by Gasteiger charge is -2.39. The Hall–Kier alpha value is -3.39. The minimum atomic E-state index is -4.72. The zero-order valence-electron chi connectivity index (χ0n) is 19.4. The predicted molar refractivity (Wildman–Crippen MR) is 122 cm³/mol. The minimum Gasteiger partial charge on any atom is -0.487 e. The molecular weight excluding hydrogens is 543 g/mol. The Morgan fingerprint density at radius 3 is 2.42 bits per heavy atom. The third-order valence-electron chi connectivity index (χ3n) is 5.82. The smallest absolute Gasteiger partial charge is 0.401 e. The molecule has 6 nitrogen and oxygen atoms in total. The van der Waals surface area contributed by atoms with Gasteiger partial charge in [-0.2, -0.15) is 17.6 Å². The topological polar surface area (TPSA) is 71.5 Å². The quantitative estimate of drug-likeness (QED) is 0.315. The first kappa shape index (κ1) is 27.6. The summed E-state index contributed by atoms with van der Waals surface area (Å²) in [5.74, 6) is -6.30. The molecule has 0 spiro atoms. The molecule has 3 aromatic rings. The summed E-state index contributed by atoms with van der Waals surface area (Å²) in [6.45, 7) is -1.50. The highest BCUT2D eigenvalue weighted by Crippen LogP contribution is 2.35. The fraction of sp³-hybridized carbons (Fsp3) is 0.292. The van der Waals surface area contributed by atoms with Gasteiger partial charge in [0, 0.05) is 31.1 Å². The SMILES string of the molecule is O=S(=O)(Nc1cccc(F)n1)c1cc(F)c(O[C@H]2CCN(CC(F)(F)F)C[C@@H]2c2cccc(F)c2)cc1F. The molecule has 1 fully saturated rings. The number of sulfonamides is 1. The minimum absolute atomic E-state index is 0.0365. The van der Waals surface area contributed by atoms with Gasteiger partial charge in [-0.05, 0) is 36.2 Å². The molecule has 0 saturated carbocycles. The van der Waals surface area contributed by atoms with Crippen molar-refractivity contribution in [3.63, 3.8) is 0 Å². The lowest BCUT2D eigenvalue weighted by molar-refractivity contribution is -0.150. The number of nitrogens with one attached hydrogen (secondary N) is 1. The van der Waals surface area contributed by atoms with Gasteiger partial charge in [0.1, 0.15) is 28.5 Å². The lowest BCUT2D eigenvalue weighted by Crippen LogP contribution is -2.47. The molecule has 1 aliphatic rings. The monoisotopic (exact) mass is 563 g/mol. The third kappa shape index (κ3) is 6.72. The van der Waals surface area contributed by atoms with Crippen LogP contribution in [0.1, 0.15) is 17.9 Å². The first-order chi connectivity index (χ1) is 17.8. The van der Waals surface area contributed by atoms with E-state index >= 15 is 0 Å². The molecule has 1 aliphatic heterocycles. The molecule has 38 heavy (non-hydrogen) atoms. The second kappa shape index (κ2) is 10.8. The Kier molecular flexibility index (Phi) is 7.83. The average molecular weight is 563 g/mol. The molecule has 4 rings (SSSR count). The van der Waals surface area contributed by atoms with E-state index in [-0.39, 0.29) is 19.5 Å². The Morgan fingerprint density at radius 2 is 1.74 bits per heavy atom. The second-order valence-corrected chi connectivity index (χ2v) is 10.3. The number of nitrogens with zero attached hydrogens (tertiary/aromatic N) is 2. The third-order valence-corrected chi connectivity index (χ3v) is 7.19. The van der Waals surface area contributed by atoms with Gasteiger partial charge in [0.25, 0.3) is 10.0 Å². The predicted octanol–water partition coefficient (Wildman–Crippen LogP) is 5.24. The Balaban J connectivity index is 1.59. The number of pyridine rings is 1. The lowest BCUT2D eigenvalue weighted by atomic mass is 9.87. The summed E-state index contributed by atoms with van der Waals surface area (Å²) in [7, 11) is -4.72. The van der Waals surface area contributed by atoms with Crippen molar-refractivity contribution in [2.45, 2.75) is 29.5 Å². The van der Waals surface area contributed by atoms with Crippen molar-refractivity contribution in [3.05, 3.63) is 83.6 Å². The molecule has 1 saturated heterocycles. The number of alkyl halides is 3. The number of ether oxygens (including phenoxy) is 1. The van der Waals surface area contributed by atoms with Gasteiger partial charge in [0.15, 0.2) is 11.6 Å². The zero-order valence-corrected chi connectivity index (χ0v) is 20.2. The molecule has 1 aromatic heterocycles. The molecule has 2 aromatic carbocycles. The van der Waals surface area contributed by atoms with Crippen LogP contribution in [0.5, 0.6) is 5.75 Å². The summed E-state index contributed by atoms with van der Waals surface area (Å²) < 4.78 is 128. The van der Waals surface area contributed by atoms with Gasteiger partial charge in [-0.3, -0.25) is 9.62 Å². The normalized spacial score (nSPS) is 18.8. The van der Waals surface area contributed by atoms with E-state index in [2.05, 4.69) is 4.98 Å². The van der Waals surface area contributed by atoms with Crippen LogP contribution in [-0.4, -0.2) is 50.2 Å². The molecular formula is C24H20F7N3O3S. The van der Waals surface area contributed by atoms with E-state index in [0.29, 0.717) is 17.7 Å². The van der Waals surface area contributed by atoms with Crippen LogP contribution in [0, 0.1) is 23.4 Å². The van der Waals surface area contributed by atoms with Gasteiger partial charge < -0.3 is 4.74 Å². The van der Waals surface area contributed by atoms with Crippen LogP contribution in [0.2, 0.25) is 0 Å². The van der Waals surface area contributed by atoms with Crippen molar-refractivity contribution >= 4 is 15.8 Å². The molecule has 204 valence electrons. The largest absolute Gasteiger partial charge is 0.487 e. The van der Waals surface area contributed by atoms with Crippen molar-refractivity contribution in [2.24, 2.45) is 0 Å². The number of aromatic nitrogens is 1. The number of benzene rings is 2. The number of anilines is 1. The first-order valence-electron chi connectivity index (χ1n) is 11.2. The number of hydrogen-bond donors (Lipinski definition) is 1. The van der Waals surface area contributed by atoms with E-state index in [1.807, 2.05) is 4.72 Å². The summed E-state index contributed by atoms with van der Waals surface area (Å²) in [5.41, 5.74) is 0.300. The Morgan fingerprint density at radius 1 is 1.00 bits per heavy atom. The zero-order chi connectivity index (χ0) is 27.7. The molecule has 0 amide bonds. The summed E-state index contributed by atoms with van der Waals surface area (Å²) in [5, 5.41) is 0. The fourth-order valence-electron chi connectivity index (χ4n) is 4.22. The van der Waals surface area contributed by atoms with Crippen LogP contribution in [0.4, 0.5) is 36.6 Å². The fourth-order valence-corrected chi connectivity index (χ4v) is 5.29. The molecule has 2 atom stereocenters. The number of likely N-dealkylation sites (tertiary alicyclic amines) is 1. The highest BCUT2D eigenvalue weighted by Gasteiger charge is 2.38. The molecule has 2 heterocycles. The highest BCUT2D eigenvalue weighted by molar-refractivity contribution is 7.92. The Bertz CT molecular complexity index is 1420. The molecule has 0 radical (unpaired) electrons. The highest BCUT2D eigenvalue weighted by atomic mass is 32.2. The van der Waals surface area contributed by atoms with Gasteiger partial charge in [0.2, 0.25) is 5.95 Å². The summed E-state index contributed by atoms with van der Waals surface area (Å²) in [6, 6.07) is 9.19. The number of piperidine rings is 1. The van der Waals surface area contributed by atoms with E-state index < -0.39 is 74.6 Å². The number of halogens is 7. The van der Waals surface area contributed by atoms with Crippen molar-refractivity contribution in [1.29, 1.82) is 0 Å². The van der Waals surface area contributed by atoms with E-state index in [1.54, 1.807) is 0 Å². The Labute approximate surface area is 213 Å². The van der Waals surface area contributed by atoms with Crippen LogP contribution in [0.3, 0.4) is 0 Å². The van der Waals surface area contributed by atoms with Gasteiger partial charge in [-0.25, -0.2) is 26.6 Å². The van der Waals surface area contributed by atoms with Gasteiger partial charge in [0.05, 0.1) is 6.54 Å². The van der Waals surface area contributed by atoms with Crippen LogP contribution >= 0.6 is 0 Å². The van der Waals surface area contributed by atoms with Crippen molar-refractivity contribution in [1.82, 2.24) is 9.88 Å². The van der Waals surface area contributed by atoms with E-state index in [0.717, 1.165) is 35.2 Å². The van der Waals surface area contributed by atoms with Crippen LogP contribution in [0.25, 0.3) is 0 Å². The van der Waals surface area contributed by atoms with Crippen LogP contribution in [0.15, 0.2) is 59.5 Å². The van der Waals surface area contributed by atoms with E-state index in [4.69, 9.17) is 4.74 Å². The molecule has 14 heteroatoms. The van der Waals surface area contributed by atoms with Crippen molar-refractivity contribution in [2.75, 3.05) is 24.4 Å². The maximum Gasteiger partial charge on any atom is 0.401 e. The standard InChI is InChI=1S/C24H20F7N3O3S/c25-15-4-1-3-14(9-15)16-12-34(13-24(29,30)31)8-7-19(16)37-20-10-18(27)21(11-17(20)26)38(35,36)33-23-6-2-5-22(28)32-23/h1-6,9-11,16,19H,7-8,12-13H2,(H,32,33)/t16-,19+/m1/s1. The van der Waals surface area contributed by atoms with Crippen LogP contribution < -0.4 is 9.46 Å². The second-order valence-electron chi connectivity index (χ2n) is 8.62. The van der Waals surface area contributed by atoms with E-state index in [1.165, 1.54) is 12.1 Å². The maximum atomic E-state index is 14.9. The van der Waals surface area contributed by atoms with E-state index in [9.17, 15) is 39.2 Å². The summed E-state index contributed by atoms with van der Waals surface area (Å²) in [6.07, 6.45) is -5.50. The molecule has 0 aliphatic carbocycles. The molecule has 0 unspecified atom stereocenters. The molecule has 1 N–H and O–H groups in total. The van der Waals surface area contributed by atoms with Gasteiger partial charge in [-0.15, -0.1) is 0 Å². The summed E-state index contributed by atoms with van der Waals surface area (Å²) in [4.78, 5) is 3.31. The van der Waals surface area contributed by atoms with Gasteiger partial charge in [-0.1, -0.05) is 18.2 Å². The summed E-state index contributed by atoms with van der Waals surface area (Å²) >= 11 is 0. The number of hydrogen-bond acceptors (Lipinski definition) is 5. The van der Waals surface area contributed by atoms with Crippen LogP contribution in [-0.2, 0) is 10.0 Å². The number of rotatable bonds is 7. The maximum absolute atomic E-state index is 14.9.